The van der Waals surface area contributed by atoms with Crippen molar-refractivity contribution in [1.29, 1.82) is 0 Å². The van der Waals surface area contributed by atoms with Crippen molar-refractivity contribution in [2.24, 2.45) is 0 Å². The minimum atomic E-state index is -0.469. The lowest BCUT2D eigenvalue weighted by Gasteiger charge is -1.94. The fraction of sp³-hybridized carbons (Fsp3) is 0. The third kappa shape index (κ3) is 2.81. The highest BCUT2D eigenvalue weighted by molar-refractivity contribution is 5.85. The Morgan fingerprint density at radius 2 is 1.80 bits per heavy atom. The van der Waals surface area contributed by atoms with Crippen LogP contribution in [0.15, 0.2) is 65.2 Å². The normalized spacial score (nSPS) is 11.4. The van der Waals surface area contributed by atoms with Crippen LogP contribution in [0.2, 0.25) is 0 Å². The fourth-order valence-electron chi connectivity index (χ4n) is 2.72. The zero-order chi connectivity index (χ0) is 17.2. The number of aromatic nitrogens is 2. The Morgan fingerprint density at radius 3 is 2.56 bits per heavy atom. The van der Waals surface area contributed by atoms with Crippen LogP contribution < -0.4 is 0 Å². The van der Waals surface area contributed by atoms with Crippen LogP contribution in [-0.4, -0.2) is 15.1 Å². The van der Waals surface area contributed by atoms with E-state index in [0.29, 0.717) is 5.56 Å². The summed E-state index contributed by atoms with van der Waals surface area (Å²) >= 11 is 0. The van der Waals surface area contributed by atoms with Crippen molar-refractivity contribution in [2.75, 3.05) is 0 Å². The number of para-hydroxylation sites is 1. The summed E-state index contributed by atoms with van der Waals surface area (Å²) in [6, 6.07) is 18.8. The van der Waals surface area contributed by atoms with Crippen molar-refractivity contribution in [3.8, 4) is 11.3 Å². The lowest BCUT2D eigenvalue weighted by atomic mass is 10.1. The van der Waals surface area contributed by atoms with Crippen LogP contribution in [0.4, 0.5) is 5.69 Å². The van der Waals surface area contributed by atoms with E-state index in [2.05, 4.69) is 10.1 Å². The number of nitrogens with zero attached hydrogens (tertiary/aromatic N) is 2. The topological polar surface area (TPSA) is 85.0 Å². The molecule has 6 nitrogen and oxygen atoms in total. The van der Waals surface area contributed by atoms with E-state index in [4.69, 9.17) is 4.52 Å². The molecule has 4 rings (SSSR count). The SMILES string of the molecule is O=[N+]([O-])c1c(-c2ccccc2)noc1C=Cc1cc2ccccc2[nH]1. The summed E-state index contributed by atoms with van der Waals surface area (Å²) in [5.41, 5.74) is 2.55. The number of benzene rings is 2. The van der Waals surface area contributed by atoms with Crippen LogP contribution in [0.5, 0.6) is 0 Å². The Labute approximate surface area is 142 Å². The molecule has 0 saturated carbocycles. The first-order valence-electron chi connectivity index (χ1n) is 7.68. The maximum atomic E-state index is 11.5. The molecular formula is C19H13N3O3. The maximum absolute atomic E-state index is 11.5. The van der Waals surface area contributed by atoms with E-state index in [1.807, 2.05) is 36.4 Å². The van der Waals surface area contributed by atoms with E-state index >= 15 is 0 Å². The number of H-pyrrole nitrogens is 1. The average Bonchev–Trinajstić information content (AvgIpc) is 3.24. The molecule has 1 N–H and O–H groups in total. The van der Waals surface area contributed by atoms with Gasteiger partial charge in [-0.1, -0.05) is 53.7 Å². The molecule has 0 aliphatic rings. The second-order valence-corrected chi connectivity index (χ2v) is 5.51. The summed E-state index contributed by atoms with van der Waals surface area (Å²) in [5, 5.41) is 16.4. The lowest BCUT2D eigenvalue weighted by Crippen LogP contribution is -1.91. The number of hydrogen-bond acceptors (Lipinski definition) is 4. The standard InChI is InChI=1S/C19H13N3O3/c23-22(24)19-17(25-21-18(19)13-6-2-1-3-7-13)11-10-15-12-14-8-4-5-9-16(14)20-15/h1-12,20H. The van der Waals surface area contributed by atoms with Gasteiger partial charge in [0.05, 0.1) is 4.92 Å². The highest BCUT2D eigenvalue weighted by Gasteiger charge is 2.26. The zero-order valence-electron chi connectivity index (χ0n) is 13.0. The zero-order valence-corrected chi connectivity index (χ0v) is 13.0. The van der Waals surface area contributed by atoms with Gasteiger partial charge in [-0.25, -0.2) is 0 Å². The van der Waals surface area contributed by atoms with Gasteiger partial charge in [0.2, 0.25) is 5.76 Å². The van der Waals surface area contributed by atoms with Gasteiger partial charge < -0.3 is 9.51 Å². The molecule has 0 amide bonds. The minimum Gasteiger partial charge on any atom is -0.355 e. The van der Waals surface area contributed by atoms with Gasteiger partial charge in [-0.2, -0.15) is 0 Å². The molecule has 0 spiro atoms. The highest BCUT2D eigenvalue weighted by Crippen LogP contribution is 2.33. The number of nitro groups is 1. The smallest absolute Gasteiger partial charge is 0.343 e. The van der Waals surface area contributed by atoms with E-state index in [1.165, 1.54) is 0 Å². The molecule has 0 fully saturated rings. The van der Waals surface area contributed by atoms with Gasteiger partial charge in [0.25, 0.3) is 0 Å². The molecule has 25 heavy (non-hydrogen) atoms. The molecule has 2 heterocycles. The Bertz CT molecular complexity index is 1040. The van der Waals surface area contributed by atoms with E-state index in [-0.39, 0.29) is 17.1 Å². The summed E-state index contributed by atoms with van der Waals surface area (Å²) in [7, 11) is 0. The molecule has 0 aliphatic carbocycles. The number of nitrogens with one attached hydrogen (secondary N) is 1. The van der Waals surface area contributed by atoms with Crippen LogP contribution in [0, 0.1) is 10.1 Å². The summed E-state index contributed by atoms with van der Waals surface area (Å²) < 4.78 is 5.21. The monoisotopic (exact) mass is 331 g/mol. The van der Waals surface area contributed by atoms with Crippen molar-refractivity contribution in [1.82, 2.24) is 10.1 Å². The first-order chi connectivity index (χ1) is 12.2. The third-order valence-corrected chi connectivity index (χ3v) is 3.89. The van der Waals surface area contributed by atoms with Gasteiger partial charge in [-0.15, -0.1) is 0 Å². The van der Waals surface area contributed by atoms with Crippen LogP contribution in [0.1, 0.15) is 11.5 Å². The van der Waals surface area contributed by atoms with Gasteiger partial charge in [0.15, 0.2) is 5.69 Å². The predicted molar refractivity (Wildman–Crippen MR) is 95.8 cm³/mol. The van der Waals surface area contributed by atoms with Crippen LogP contribution >= 0.6 is 0 Å². The van der Waals surface area contributed by atoms with E-state index in [0.717, 1.165) is 16.6 Å². The molecule has 2 aromatic carbocycles. The van der Waals surface area contributed by atoms with Crippen molar-refractivity contribution in [3.63, 3.8) is 0 Å². The van der Waals surface area contributed by atoms with E-state index in [1.54, 1.807) is 36.4 Å². The van der Waals surface area contributed by atoms with E-state index in [9.17, 15) is 10.1 Å². The molecular weight excluding hydrogens is 318 g/mol. The fourth-order valence-corrected chi connectivity index (χ4v) is 2.72. The highest BCUT2D eigenvalue weighted by atomic mass is 16.6. The van der Waals surface area contributed by atoms with Gasteiger partial charge in [0.1, 0.15) is 0 Å². The second-order valence-electron chi connectivity index (χ2n) is 5.51. The number of fused-ring (bicyclic) bond motifs is 1. The predicted octanol–water partition coefficient (Wildman–Crippen LogP) is 4.90. The molecule has 0 aliphatic heterocycles. The van der Waals surface area contributed by atoms with Crippen molar-refractivity contribution >= 4 is 28.7 Å². The van der Waals surface area contributed by atoms with Crippen LogP contribution in [0.3, 0.4) is 0 Å². The molecule has 0 saturated heterocycles. The molecule has 6 heteroatoms. The number of aromatic amines is 1. The summed E-state index contributed by atoms with van der Waals surface area (Å²) in [6.45, 7) is 0. The van der Waals surface area contributed by atoms with Crippen LogP contribution in [-0.2, 0) is 0 Å². The van der Waals surface area contributed by atoms with E-state index < -0.39 is 4.92 Å². The summed E-state index contributed by atoms with van der Waals surface area (Å²) in [5.74, 6) is 0.113. The number of hydrogen-bond donors (Lipinski definition) is 1. The van der Waals surface area contributed by atoms with Crippen molar-refractivity contribution in [2.45, 2.75) is 0 Å². The summed E-state index contributed by atoms with van der Waals surface area (Å²) in [4.78, 5) is 14.3. The molecule has 4 aromatic rings. The Hall–Kier alpha value is -3.67. The summed E-state index contributed by atoms with van der Waals surface area (Å²) in [6.07, 6.45) is 3.30. The van der Waals surface area contributed by atoms with Crippen LogP contribution in [0.25, 0.3) is 34.3 Å². The second kappa shape index (κ2) is 6.09. The average molecular weight is 331 g/mol. The molecule has 0 bridgehead atoms. The molecule has 0 radical (unpaired) electrons. The van der Waals surface area contributed by atoms with Gasteiger partial charge in [-0.3, -0.25) is 10.1 Å². The third-order valence-electron chi connectivity index (χ3n) is 3.89. The quantitative estimate of drug-likeness (QED) is 0.425. The lowest BCUT2D eigenvalue weighted by molar-refractivity contribution is -0.384. The largest absolute Gasteiger partial charge is 0.355 e. The van der Waals surface area contributed by atoms with Gasteiger partial charge in [0, 0.05) is 16.8 Å². The van der Waals surface area contributed by atoms with Gasteiger partial charge >= 0.3 is 5.69 Å². The Morgan fingerprint density at radius 1 is 1.04 bits per heavy atom. The molecule has 2 aromatic heterocycles. The maximum Gasteiger partial charge on any atom is 0.343 e. The Balaban J connectivity index is 1.73. The van der Waals surface area contributed by atoms with Gasteiger partial charge in [-0.05, 0) is 29.7 Å². The molecule has 122 valence electrons. The molecule has 0 unspecified atom stereocenters. The first-order valence-corrected chi connectivity index (χ1v) is 7.68. The van der Waals surface area contributed by atoms with Crippen molar-refractivity contribution < 1.29 is 9.45 Å². The Kier molecular flexibility index (Phi) is 3.63. The minimum absolute atomic E-state index is 0.113. The molecule has 0 atom stereocenters. The number of rotatable bonds is 4. The van der Waals surface area contributed by atoms with Crippen molar-refractivity contribution in [3.05, 3.63) is 82.2 Å². The first kappa shape index (κ1) is 14.9.